The van der Waals surface area contributed by atoms with Gasteiger partial charge in [-0.3, -0.25) is 4.90 Å². The third kappa shape index (κ3) is 4.58. The Balaban J connectivity index is 1.37. The fraction of sp³-hybridized carbons (Fsp3) is 0.457. The largest absolute Gasteiger partial charge is 0.508 e. The molecule has 12 heteroatoms. The number of ether oxygens (including phenoxy) is 1. The fourth-order valence-corrected chi connectivity index (χ4v) is 8.40. The summed E-state index contributed by atoms with van der Waals surface area (Å²) in [5.41, 5.74) is -1.80. The Bertz CT molecular complexity index is 2000. The molecule has 47 heavy (non-hydrogen) atoms. The van der Waals surface area contributed by atoms with Gasteiger partial charge in [0.2, 0.25) is 0 Å². The van der Waals surface area contributed by atoms with E-state index in [1.165, 1.54) is 24.3 Å². The first-order valence-corrected chi connectivity index (χ1v) is 16.1. The van der Waals surface area contributed by atoms with Crippen molar-refractivity contribution in [1.29, 1.82) is 0 Å². The monoisotopic (exact) mass is 644 g/mol. The molecule has 2 N–H and O–H groups in total. The van der Waals surface area contributed by atoms with Crippen LogP contribution < -0.4 is 14.5 Å². The first kappa shape index (κ1) is 30.0. The number of alkyl halides is 1. The van der Waals surface area contributed by atoms with Crippen LogP contribution in [0, 0.1) is 24.0 Å². The minimum atomic E-state index is -1.09. The summed E-state index contributed by atoms with van der Waals surface area (Å²) >= 11 is 0. The quantitative estimate of drug-likeness (QED) is 0.300. The summed E-state index contributed by atoms with van der Waals surface area (Å²) in [6.45, 7) is 3.98. The second-order valence-corrected chi connectivity index (χ2v) is 13.7. The highest BCUT2D eigenvalue weighted by Crippen LogP contribution is 2.46. The smallest absolute Gasteiger partial charge is 0.319 e. The molecular formula is C35H35F3N6O3. The third-order valence-electron chi connectivity index (χ3n) is 10.7. The minimum Gasteiger partial charge on any atom is -0.508 e. The lowest BCUT2D eigenvalue weighted by molar-refractivity contribution is 0.00948. The van der Waals surface area contributed by atoms with Crippen molar-refractivity contribution in [3.63, 3.8) is 0 Å². The van der Waals surface area contributed by atoms with Crippen molar-refractivity contribution in [2.24, 2.45) is 0 Å². The summed E-state index contributed by atoms with van der Waals surface area (Å²) in [5.74, 6) is 1.47. The number of phenolic OH excluding ortho intramolecular Hbond substituents is 1. The van der Waals surface area contributed by atoms with Gasteiger partial charge < -0.3 is 24.7 Å². The van der Waals surface area contributed by atoms with Crippen molar-refractivity contribution in [2.75, 3.05) is 49.6 Å². The number of likely N-dealkylation sites (N-methyl/N-ethyl adjacent to an activating group) is 1. The second kappa shape index (κ2) is 10.6. The number of nitrogens with zero attached hydrogens (tertiary/aromatic N) is 6. The van der Waals surface area contributed by atoms with Crippen molar-refractivity contribution < 1.29 is 28.1 Å². The van der Waals surface area contributed by atoms with E-state index < -0.39 is 35.0 Å². The molecule has 0 spiro atoms. The van der Waals surface area contributed by atoms with Gasteiger partial charge in [0.1, 0.15) is 47.2 Å². The van der Waals surface area contributed by atoms with Gasteiger partial charge in [-0.05, 0) is 62.7 Å². The molecule has 3 fully saturated rings. The molecule has 4 aromatic rings. The number of anilines is 2. The summed E-state index contributed by atoms with van der Waals surface area (Å²) in [4.78, 5) is 20.2. The van der Waals surface area contributed by atoms with Crippen LogP contribution in [0.25, 0.3) is 32.9 Å². The number of phenols is 1. The maximum Gasteiger partial charge on any atom is 0.319 e. The summed E-state index contributed by atoms with van der Waals surface area (Å²) in [6.07, 6.45) is 8.10. The normalized spacial score (nSPS) is 27.2. The van der Waals surface area contributed by atoms with Gasteiger partial charge in [0, 0.05) is 44.1 Å². The van der Waals surface area contributed by atoms with Crippen LogP contribution in [-0.2, 0) is 0 Å². The molecule has 2 aromatic heterocycles. The van der Waals surface area contributed by atoms with E-state index in [0.717, 1.165) is 19.4 Å². The predicted octanol–water partition coefficient (Wildman–Crippen LogP) is 4.93. The van der Waals surface area contributed by atoms with Crippen LogP contribution >= 0.6 is 0 Å². The van der Waals surface area contributed by atoms with Crippen LogP contribution in [0.3, 0.4) is 0 Å². The number of hydrogen-bond acceptors (Lipinski definition) is 9. The van der Waals surface area contributed by atoms with Crippen LogP contribution in [0.15, 0.2) is 24.3 Å². The van der Waals surface area contributed by atoms with E-state index >= 15 is 4.39 Å². The number of fused-ring (bicyclic) bond motifs is 4. The molecular weight excluding hydrogens is 609 g/mol. The second-order valence-electron chi connectivity index (χ2n) is 13.7. The number of piperidine rings is 1. The number of pyridine rings is 1. The van der Waals surface area contributed by atoms with E-state index in [-0.39, 0.29) is 46.1 Å². The highest BCUT2D eigenvalue weighted by Gasteiger charge is 2.50. The average molecular weight is 645 g/mol. The number of aromatic hydroxyl groups is 1. The number of terminal acetylenes is 1. The molecule has 4 atom stereocenters. The molecule has 0 radical (unpaired) electrons. The molecule has 0 aliphatic carbocycles. The lowest BCUT2D eigenvalue weighted by atomic mass is 9.86. The molecule has 0 saturated carbocycles. The van der Waals surface area contributed by atoms with Gasteiger partial charge in [0.05, 0.1) is 28.1 Å². The highest BCUT2D eigenvalue weighted by atomic mass is 19.1. The van der Waals surface area contributed by atoms with Crippen LogP contribution in [0.1, 0.15) is 44.6 Å². The Kier molecular flexibility index (Phi) is 6.76. The molecule has 9 nitrogen and oxygen atoms in total. The average Bonchev–Trinajstić information content (AvgIpc) is 3.52. The zero-order chi connectivity index (χ0) is 32.8. The minimum absolute atomic E-state index is 0.0670. The standard InChI is InChI=1S/C35H35F3N6O3/c1-4-22-24(37)8-7-19-13-21(45)14-23(26(19)22)29-28(38)30-27-31(39-29)42(3)17-25-34(2,46)9-5-12-44(25)32(27)41-33(40-30)47-18-35-10-6-11-43(35)16-20(36)15-35/h1,7-8,13-14,20,25,45-46H,5-6,9-12,15-18H2,2-3H3/t20-,25-,34-,35+/m1/s1. The zero-order valence-electron chi connectivity index (χ0n) is 26.2. The van der Waals surface area contributed by atoms with Crippen molar-refractivity contribution in [2.45, 2.75) is 62.4 Å². The Hall–Kier alpha value is -4.34. The van der Waals surface area contributed by atoms with E-state index in [0.29, 0.717) is 61.3 Å². The Morgan fingerprint density at radius 1 is 1.06 bits per heavy atom. The first-order chi connectivity index (χ1) is 22.5. The van der Waals surface area contributed by atoms with Crippen molar-refractivity contribution in [3.05, 3.63) is 41.5 Å². The first-order valence-electron chi connectivity index (χ1n) is 16.1. The Morgan fingerprint density at radius 3 is 2.68 bits per heavy atom. The summed E-state index contributed by atoms with van der Waals surface area (Å²) in [6, 6.07) is 4.95. The molecule has 0 bridgehead atoms. The van der Waals surface area contributed by atoms with Gasteiger partial charge in [0.25, 0.3) is 0 Å². The summed E-state index contributed by atoms with van der Waals surface area (Å²) in [7, 11) is 1.81. The molecule has 2 aromatic carbocycles. The topological polar surface area (TPSA) is 98.1 Å². The number of hydrogen-bond donors (Lipinski definition) is 2. The molecule has 4 aliphatic rings. The van der Waals surface area contributed by atoms with Gasteiger partial charge in [-0.25, -0.2) is 18.2 Å². The van der Waals surface area contributed by atoms with Gasteiger partial charge in [0.15, 0.2) is 5.82 Å². The van der Waals surface area contributed by atoms with Crippen LogP contribution in [-0.4, -0.2) is 93.3 Å². The number of rotatable bonds is 4. The molecule has 8 rings (SSSR count). The molecule has 0 amide bonds. The lowest BCUT2D eigenvalue weighted by Crippen LogP contribution is -2.59. The molecule has 244 valence electrons. The lowest BCUT2D eigenvalue weighted by Gasteiger charge is -2.46. The SMILES string of the molecule is C#Cc1c(F)ccc2cc(O)cc(-c3nc4c5c(nc(OC[C@@]67CCCN6C[C@H](F)C7)nc5c3F)N3CCC[C@@](C)(O)[C@H]3CN4C)c12. The van der Waals surface area contributed by atoms with Crippen LogP contribution in [0.2, 0.25) is 0 Å². The summed E-state index contributed by atoms with van der Waals surface area (Å²) in [5, 5.41) is 23.2. The van der Waals surface area contributed by atoms with Gasteiger partial charge in [-0.1, -0.05) is 12.0 Å². The molecule has 0 unspecified atom stereocenters. The predicted molar refractivity (Wildman–Crippen MR) is 173 cm³/mol. The maximum atomic E-state index is 17.1. The van der Waals surface area contributed by atoms with Crippen LogP contribution in [0.5, 0.6) is 11.8 Å². The molecule has 3 saturated heterocycles. The number of halogens is 3. The highest BCUT2D eigenvalue weighted by molar-refractivity contribution is 6.06. The van der Waals surface area contributed by atoms with Crippen molar-refractivity contribution >= 4 is 33.3 Å². The molecule has 4 aliphatic heterocycles. The van der Waals surface area contributed by atoms with Gasteiger partial charge >= 0.3 is 6.01 Å². The summed E-state index contributed by atoms with van der Waals surface area (Å²) < 4.78 is 52.9. The van der Waals surface area contributed by atoms with Gasteiger partial charge in [-0.2, -0.15) is 9.97 Å². The zero-order valence-corrected chi connectivity index (χ0v) is 26.2. The van der Waals surface area contributed by atoms with E-state index in [2.05, 4.69) is 15.8 Å². The number of benzene rings is 2. The van der Waals surface area contributed by atoms with Crippen LogP contribution in [0.4, 0.5) is 24.8 Å². The Labute approximate surface area is 270 Å². The van der Waals surface area contributed by atoms with E-state index in [4.69, 9.17) is 21.1 Å². The van der Waals surface area contributed by atoms with Crippen molar-refractivity contribution in [3.8, 4) is 35.4 Å². The van der Waals surface area contributed by atoms with Crippen molar-refractivity contribution in [1.82, 2.24) is 19.9 Å². The van der Waals surface area contributed by atoms with E-state index in [9.17, 15) is 19.0 Å². The Morgan fingerprint density at radius 2 is 1.87 bits per heavy atom. The third-order valence-corrected chi connectivity index (χ3v) is 10.7. The van der Waals surface area contributed by atoms with Gasteiger partial charge in [-0.15, -0.1) is 6.42 Å². The number of aliphatic hydroxyl groups is 1. The maximum absolute atomic E-state index is 17.1. The van der Waals surface area contributed by atoms with E-state index in [1.54, 1.807) is 14.0 Å². The van der Waals surface area contributed by atoms with E-state index in [1.807, 2.05) is 9.80 Å². The fourth-order valence-electron chi connectivity index (χ4n) is 8.40. The molecule has 6 heterocycles. The number of aromatic nitrogens is 3.